The van der Waals surface area contributed by atoms with Gasteiger partial charge in [-0.05, 0) is 32.9 Å². The third-order valence-corrected chi connectivity index (χ3v) is 3.71. The van der Waals surface area contributed by atoms with E-state index in [1.54, 1.807) is 0 Å². The maximum absolute atomic E-state index is 5.67. The van der Waals surface area contributed by atoms with Gasteiger partial charge in [0, 0.05) is 31.6 Å². The van der Waals surface area contributed by atoms with Gasteiger partial charge in [-0.3, -0.25) is 0 Å². The first kappa shape index (κ1) is 13.3. The van der Waals surface area contributed by atoms with Gasteiger partial charge in [-0.1, -0.05) is 13.3 Å². The van der Waals surface area contributed by atoms with Crippen LogP contribution in [-0.2, 0) is 0 Å². The summed E-state index contributed by atoms with van der Waals surface area (Å²) in [6, 6.07) is 0.770. The Hall–Kier alpha value is 0.210. The summed E-state index contributed by atoms with van der Waals surface area (Å²) in [4.78, 5) is 5.11. The number of nitrogens with zero attached hydrogens (tertiary/aromatic N) is 2. The molecule has 0 aliphatic carbocycles. The van der Waals surface area contributed by atoms with Crippen LogP contribution in [0.15, 0.2) is 0 Å². The number of hydrogen-bond donors (Lipinski definition) is 0. The van der Waals surface area contributed by atoms with Crippen molar-refractivity contribution in [2.75, 3.05) is 39.1 Å². The molecule has 0 aromatic heterocycles. The van der Waals surface area contributed by atoms with Crippen molar-refractivity contribution in [3.63, 3.8) is 0 Å². The average molecular weight is 233 g/mol. The van der Waals surface area contributed by atoms with Crippen LogP contribution in [0.1, 0.15) is 32.6 Å². The Kier molecular flexibility index (Phi) is 6.62. The molecule has 1 heterocycles. The predicted molar refractivity (Wildman–Crippen MR) is 67.7 cm³/mol. The Morgan fingerprint density at radius 1 is 1.20 bits per heavy atom. The lowest BCUT2D eigenvalue weighted by Crippen LogP contribution is -2.51. The van der Waals surface area contributed by atoms with E-state index in [0.29, 0.717) is 0 Å². The van der Waals surface area contributed by atoms with Gasteiger partial charge in [0.2, 0.25) is 0 Å². The lowest BCUT2D eigenvalue weighted by Gasteiger charge is -2.39. The minimum atomic E-state index is 0.770. The van der Waals surface area contributed by atoms with Gasteiger partial charge in [0.15, 0.2) is 0 Å². The fraction of sp³-hybridized carbons (Fsp3) is 1.00. The highest BCUT2D eigenvalue weighted by Crippen LogP contribution is 2.11. The van der Waals surface area contributed by atoms with Crippen molar-refractivity contribution in [2.24, 2.45) is 0 Å². The van der Waals surface area contributed by atoms with Crippen LogP contribution < -0.4 is 0 Å². The minimum Gasteiger partial charge on any atom is -0.301 e. The molecule has 15 heavy (non-hydrogen) atoms. The molecule has 0 radical (unpaired) electrons. The molecular weight excluding hydrogens is 208 g/mol. The van der Waals surface area contributed by atoms with E-state index >= 15 is 0 Å². The molecule has 3 heteroatoms. The highest BCUT2D eigenvalue weighted by Gasteiger charge is 2.21. The third-order valence-electron chi connectivity index (χ3n) is 3.44. The highest BCUT2D eigenvalue weighted by molar-refractivity contribution is 6.17. The van der Waals surface area contributed by atoms with Crippen LogP contribution in [-0.4, -0.2) is 54.9 Å². The maximum atomic E-state index is 5.67. The van der Waals surface area contributed by atoms with Gasteiger partial charge < -0.3 is 9.80 Å². The zero-order chi connectivity index (χ0) is 11.1. The highest BCUT2D eigenvalue weighted by atomic mass is 35.5. The SMILES string of the molecule is CCC1CN(CCCCCCl)CCN1C. The van der Waals surface area contributed by atoms with Gasteiger partial charge in [-0.2, -0.15) is 0 Å². The Morgan fingerprint density at radius 2 is 2.00 bits per heavy atom. The van der Waals surface area contributed by atoms with Crippen LogP contribution in [0, 0.1) is 0 Å². The molecule has 1 fully saturated rings. The second kappa shape index (κ2) is 7.48. The molecule has 0 bridgehead atoms. The average Bonchev–Trinajstić information content (AvgIpc) is 2.26. The lowest BCUT2D eigenvalue weighted by atomic mass is 10.1. The molecule has 0 N–H and O–H groups in total. The van der Waals surface area contributed by atoms with E-state index in [9.17, 15) is 0 Å². The third kappa shape index (κ3) is 4.71. The van der Waals surface area contributed by atoms with Crippen LogP contribution in [0.2, 0.25) is 0 Å². The van der Waals surface area contributed by atoms with E-state index in [0.717, 1.165) is 11.9 Å². The first-order chi connectivity index (χ1) is 7.27. The summed E-state index contributed by atoms with van der Waals surface area (Å²) in [5.74, 6) is 0.820. The lowest BCUT2D eigenvalue weighted by molar-refractivity contribution is 0.0921. The van der Waals surface area contributed by atoms with Crippen molar-refractivity contribution in [1.82, 2.24) is 9.80 Å². The smallest absolute Gasteiger partial charge is 0.0223 e. The minimum absolute atomic E-state index is 0.770. The molecule has 90 valence electrons. The van der Waals surface area contributed by atoms with Crippen molar-refractivity contribution in [3.05, 3.63) is 0 Å². The molecule has 1 aliphatic heterocycles. The van der Waals surface area contributed by atoms with Crippen LogP contribution in [0.5, 0.6) is 0 Å². The topological polar surface area (TPSA) is 6.48 Å². The molecule has 0 spiro atoms. The van der Waals surface area contributed by atoms with Gasteiger partial charge in [0.05, 0.1) is 0 Å². The van der Waals surface area contributed by atoms with E-state index in [1.165, 1.54) is 51.9 Å². The van der Waals surface area contributed by atoms with Crippen molar-refractivity contribution in [1.29, 1.82) is 0 Å². The monoisotopic (exact) mass is 232 g/mol. The number of rotatable bonds is 6. The van der Waals surface area contributed by atoms with Crippen molar-refractivity contribution in [3.8, 4) is 0 Å². The van der Waals surface area contributed by atoms with E-state index in [2.05, 4.69) is 23.8 Å². The molecule has 0 saturated carbocycles. The molecule has 1 aliphatic rings. The summed E-state index contributed by atoms with van der Waals surface area (Å²) < 4.78 is 0. The number of unbranched alkanes of at least 4 members (excludes halogenated alkanes) is 2. The number of likely N-dealkylation sites (N-methyl/N-ethyl adjacent to an activating group) is 1. The van der Waals surface area contributed by atoms with Crippen molar-refractivity contribution >= 4 is 11.6 Å². The molecule has 2 nitrogen and oxygen atoms in total. The Bertz CT molecular complexity index is 164. The summed E-state index contributed by atoms with van der Waals surface area (Å²) in [5, 5.41) is 0. The second-order valence-corrected chi connectivity index (χ2v) is 4.97. The first-order valence-corrected chi connectivity index (χ1v) is 6.80. The second-order valence-electron chi connectivity index (χ2n) is 4.59. The largest absolute Gasteiger partial charge is 0.301 e. The van der Waals surface area contributed by atoms with Gasteiger partial charge in [0.25, 0.3) is 0 Å². The van der Waals surface area contributed by atoms with Crippen LogP contribution in [0.3, 0.4) is 0 Å². The van der Waals surface area contributed by atoms with Crippen LogP contribution in [0.4, 0.5) is 0 Å². The zero-order valence-electron chi connectivity index (χ0n) is 10.2. The Labute approximate surface area is 99.6 Å². The van der Waals surface area contributed by atoms with E-state index in [1.807, 2.05) is 0 Å². The number of halogens is 1. The summed E-state index contributed by atoms with van der Waals surface area (Å²) in [6.07, 6.45) is 5.04. The fourth-order valence-corrected chi connectivity index (χ4v) is 2.45. The van der Waals surface area contributed by atoms with Crippen molar-refractivity contribution in [2.45, 2.75) is 38.6 Å². The molecule has 1 rings (SSSR count). The van der Waals surface area contributed by atoms with E-state index in [-0.39, 0.29) is 0 Å². The summed E-state index contributed by atoms with van der Waals surface area (Å²) in [5.41, 5.74) is 0. The fourth-order valence-electron chi connectivity index (χ4n) is 2.26. The first-order valence-electron chi connectivity index (χ1n) is 6.26. The van der Waals surface area contributed by atoms with Crippen LogP contribution >= 0.6 is 11.6 Å². The number of alkyl halides is 1. The number of piperazine rings is 1. The summed E-state index contributed by atoms with van der Waals surface area (Å²) in [7, 11) is 2.25. The summed E-state index contributed by atoms with van der Waals surface area (Å²) in [6.45, 7) is 7.29. The maximum Gasteiger partial charge on any atom is 0.0223 e. The van der Waals surface area contributed by atoms with Gasteiger partial charge in [-0.25, -0.2) is 0 Å². The quantitative estimate of drug-likeness (QED) is 0.513. The van der Waals surface area contributed by atoms with Gasteiger partial charge in [-0.15, -0.1) is 11.6 Å². The molecule has 0 aromatic rings. The molecule has 0 aromatic carbocycles. The van der Waals surface area contributed by atoms with Gasteiger partial charge in [0.1, 0.15) is 0 Å². The van der Waals surface area contributed by atoms with Crippen molar-refractivity contribution < 1.29 is 0 Å². The number of hydrogen-bond acceptors (Lipinski definition) is 2. The molecule has 1 atom stereocenters. The summed E-state index contributed by atoms with van der Waals surface area (Å²) >= 11 is 5.67. The molecule has 1 saturated heterocycles. The predicted octanol–water partition coefficient (Wildman–Crippen LogP) is 2.42. The Morgan fingerprint density at radius 3 is 2.67 bits per heavy atom. The molecule has 0 amide bonds. The van der Waals surface area contributed by atoms with Gasteiger partial charge >= 0.3 is 0 Å². The Balaban J connectivity index is 2.14. The molecule has 1 unspecified atom stereocenters. The zero-order valence-corrected chi connectivity index (χ0v) is 11.0. The standard InChI is InChI=1S/C12H25ClN2/c1-3-12-11-15(10-9-14(12)2)8-6-4-5-7-13/h12H,3-11H2,1-2H3. The van der Waals surface area contributed by atoms with Crippen LogP contribution in [0.25, 0.3) is 0 Å². The van der Waals surface area contributed by atoms with E-state index in [4.69, 9.17) is 11.6 Å². The molecular formula is C12H25ClN2. The normalized spacial score (nSPS) is 24.6. The van der Waals surface area contributed by atoms with E-state index < -0.39 is 0 Å².